The Morgan fingerprint density at radius 2 is 2.12 bits per heavy atom. The predicted molar refractivity (Wildman–Crippen MR) is 57.8 cm³/mol. The molecule has 2 aromatic heterocycles. The van der Waals surface area contributed by atoms with Crippen LogP contribution in [0.2, 0.25) is 0 Å². The summed E-state index contributed by atoms with van der Waals surface area (Å²) in [6, 6.07) is 5.39. The van der Waals surface area contributed by atoms with E-state index in [-0.39, 0.29) is 0 Å². The molecule has 0 atom stereocenters. The van der Waals surface area contributed by atoms with Crippen molar-refractivity contribution < 1.29 is 14.3 Å². The highest BCUT2D eigenvalue weighted by atomic mass is 16.5. The van der Waals surface area contributed by atoms with Crippen LogP contribution in [0.25, 0.3) is 5.65 Å². The Morgan fingerprint density at radius 3 is 2.75 bits per heavy atom. The number of methoxy groups -OCH3 is 2. The molecule has 2 rings (SSSR count). The summed E-state index contributed by atoms with van der Waals surface area (Å²) in [5, 5.41) is 0. The van der Waals surface area contributed by atoms with Crippen molar-refractivity contribution in [3.8, 4) is 5.88 Å². The summed E-state index contributed by atoms with van der Waals surface area (Å²) in [5.74, 6) is 0.132. The molecule has 0 amide bonds. The second-order valence-corrected chi connectivity index (χ2v) is 3.30. The lowest BCUT2D eigenvalue weighted by molar-refractivity contribution is 0.0591. The Bertz CT molecular complexity index is 545. The first-order valence-electron chi connectivity index (χ1n) is 4.79. The van der Waals surface area contributed by atoms with Crippen molar-refractivity contribution in [2.24, 2.45) is 0 Å². The number of hydrogen-bond donors (Lipinski definition) is 0. The summed E-state index contributed by atoms with van der Waals surface area (Å²) in [6.45, 7) is 1.76. The molecule has 0 aliphatic heterocycles. The second-order valence-electron chi connectivity index (χ2n) is 3.30. The van der Waals surface area contributed by atoms with E-state index in [1.807, 2.05) is 12.1 Å². The number of fused-ring (bicyclic) bond motifs is 1. The van der Waals surface area contributed by atoms with Crippen LogP contribution in [-0.4, -0.2) is 29.6 Å². The van der Waals surface area contributed by atoms with E-state index < -0.39 is 5.97 Å². The molecular weight excluding hydrogens is 208 g/mol. The van der Waals surface area contributed by atoms with Gasteiger partial charge in [-0.2, -0.15) is 0 Å². The van der Waals surface area contributed by atoms with E-state index >= 15 is 0 Å². The Balaban J connectivity index is 2.80. The molecule has 5 nitrogen and oxygen atoms in total. The van der Waals surface area contributed by atoms with Crippen LogP contribution in [0.4, 0.5) is 0 Å². The standard InChI is InChI=1S/C11H12N2O3/c1-7-10(11(14)16-3)13-8(12-7)5-4-6-9(13)15-2/h4-6H,1-3H3. The summed E-state index contributed by atoms with van der Waals surface area (Å²) >= 11 is 0. The van der Waals surface area contributed by atoms with E-state index in [0.29, 0.717) is 22.9 Å². The normalized spacial score (nSPS) is 10.4. The molecule has 84 valence electrons. The number of ether oxygens (including phenoxy) is 2. The average molecular weight is 220 g/mol. The molecule has 0 fully saturated rings. The van der Waals surface area contributed by atoms with Gasteiger partial charge in [0.15, 0.2) is 11.6 Å². The van der Waals surface area contributed by atoms with Crippen molar-refractivity contribution in [3.05, 3.63) is 29.6 Å². The number of aryl methyl sites for hydroxylation is 1. The number of nitrogens with zero attached hydrogens (tertiary/aromatic N) is 2. The third kappa shape index (κ3) is 1.41. The smallest absolute Gasteiger partial charge is 0.357 e. The zero-order chi connectivity index (χ0) is 11.7. The maximum atomic E-state index is 11.6. The number of carbonyl (C=O) groups excluding carboxylic acids is 1. The second kappa shape index (κ2) is 3.84. The lowest BCUT2D eigenvalue weighted by Gasteiger charge is -2.06. The quantitative estimate of drug-likeness (QED) is 0.718. The molecule has 2 aromatic rings. The van der Waals surface area contributed by atoms with Crippen LogP contribution in [-0.2, 0) is 4.74 Å². The minimum Gasteiger partial charge on any atom is -0.482 e. The summed E-state index contributed by atoms with van der Waals surface area (Å²) < 4.78 is 11.6. The van der Waals surface area contributed by atoms with Gasteiger partial charge in [-0.05, 0) is 19.1 Å². The van der Waals surface area contributed by atoms with Crippen molar-refractivity contribution in [2.75, 3.05) is 14.2 Å². The number of carbonyl (C=O) groups is 1. The van der Waals surface area contributed by atoms with Crippen LogP contribution < -0.4 is 4.74 Å². The van der Waals surface area contributed by atoms with Crippen LogP contribution in [0.1, 0.15) is 16.2 Å². The van der Waals surface area contributed by atoms with Gasteiger partial charge < -0.3 is 9.47 Å². The monoisotopic (exact) mass is 220 g/mol. The van der Waals surface area contributed by atoms with E-state index in [9.17, 15) is 4.79 Å². The van der Waals surface area contributed by atoms with Crippen LogP contribution >= 0.6 is 0 Å². The van der Waals surface area contributed by atoms with Crippen LogP contribution in [0.5, 0.6) is 5.88 Å². The van der Waals surface area contributed by atoms with Gasteiger partial charge in [0, 0.05) is 0 Å². The largest absolute Gasteiger partial charge is 0.482 e. The van der Waals surface area contributed by atoms with Gasteiger partial charge in [0.25, 0.3) is 0 Å². The van der Waals surface area contributed by atoms with E-state index in [1.54, 1.807) is 24.5 Å². The van der Waals surface area contributed by atoms with Gasteiger partial charge >= 0.3 is 5.97 Å². The minimum absolute atomic E-state index is 0.398. The van der Waals surface area contributed by atoms with Gasteiger partial charge in [-0.3, -0.25) is 4.40 Å². The average Bonchev–Trinajstić information content (AvgIpc) is 2.63. The first kappa shape index (κ1) is 10.5. The number of aromatic nitrogens is 2. The molecule has 5 heteroatoms. The highest BCUT2D eigenvalue weighted by Gasteiger charge is 2.19. The molecule has 0 spiro atoms. The molecular formula is C11H12N2O3. The molecule has 0 unspecified atom stereocenters. The molecule has 0 aliphatic rings. The van der Waals surface area contributed by atoms with Gasteiger partial charge in [0.1, 0.15) is 5.65 Å². The van der Waals surface area contributed by atoms with Crippen molar-refractivity contribution in [1.29, 1.82) is 0 Å². The molecule has 0 bridgehead atoms. The lowest BCUT2D eigenvalue weighted by Crippen LogP contribution is -2.08. The summed E-state index contributed by atoms with van der Waals surface area (Å²) in [6.07, 6.45) is 0. The fraction of sp³-hybridized carbons (Fsp3) is 0.273. The van der Waals surface area contributed by atoms with Gasteiger partial charge in [-0.25, -0.2) is 9.78 Å². The van der Waals surface area contributed by atoms with Crippen molar-refractivity contribution in [1.82, 2.24) is 9.38 Å². The number of pyridine rings is 1. The molecule has 2 heterocycles. The van der Waals surface area contributed by atoms with E-state index in [0.717, 1.165) is 0 Å². The summed E-state index contributed by atoms with van der Waals surface area (Å²) in [5.41, 5.74) is 1.68. The first-order chi connectivity index (χ1) is 7.69. The topological polar surface area (TPSA) is 52.8 Å². The molecule has 0 saturated heterocycles. The van der Waals surface area contributed by atoms with Crippen molar-refractivity contribution in [2.45, 2.75) is 6.92 Å². The third-order valence-corrected chi connectivity index (χ3v) is 2.37. The van der Waals surface area contributed by atoms with E-state index in [4.69, 9.17) is 9.47 Å². The Hall–Kier alpha value is -2.04. The number of imidazole rings is 1. The zero-order valence-electron chi connectivity index (χ0n) is 9.35. The molecule has 0 radical (unpaired) electrons. The van der Waals surface area contributed by atoms with Crippen LogP contribution in [0.15, 0.2) is 18.2 Å². The maximum absolute atomic E-state index is 11.6. The Kier molecular flexibility index (Phi) is 2.52. The zero-order valence-corrected chi connectivity index (χ0v) is 9.35. The highest BCUT2D eigenvalue weighted by Crippen LogP contribution is 2.20. The number of esters is 1. The molecule has 0 aliphatic carbocycles. The fourth-order valence-electron chi connectivity index (χ4n) is 1.67. The van der Waals surface area contributed by atoms with Crippen LogP contribution in [0, 0.1) is 6.92 Å². The lowest BCUT2D eigenvalue weighted by atomic mass is 10.3. The molecule has 0 saturated carbocycles. The third-order valence-electron chi connectivity index (χ3n) is 2.37. The van der Waals surface area contributed by atoms with E-state index in [2.05, 4.69) is 4.98 Å². The molecule has 0 aromatic carbocycles. The van der Waals surface area contributed by atoms with Gasteiger partial charge in [-0.15, -0.1) is 0 Å². The summed E-state index contributed by atoms with van der Waals surface area (Å²) in [4.78, 5) is 15.9. The van der Waals surface area contributed by atoms with Crippen molar-refractivity contribution in [3.63, 3.8) is 0 Å². The van der Waals surface area contributed by atoms with Gasteiger partial charge in [0.05, 0.1) is 19.9 Å². The fourth-order valence-corrected chi connectivity index (χ4v) is 1.67. The van der Waals surface area contributed by atoms with Crippen LogP contribution in [0.3, 0.4) is 0 Å². The molecule has 0 N–H and O–H groups in total. The SMILES string of the molecule is COC(=O)c1c(C)nc2cccc(OC)n12. The maximum Gasteiger partial charge on any atom is 0.357 e. The minimum atomic E-state index is -0.422. The van der Waals surface area contributed by atoms with Crippen molar-refractivity contribution >= 4 is 11.6 Å². The summed E-state index contributed by atoms with van der Waals surface area (Å²) in [7, 11) is 2.89. The Morgan fingerprint density at radius 1 is 1.38 bits per heavy atom. The Labute approximate surface area is 92.6 Å². The number of hydrogen-bond acceptors (Lipinski definition) is 4. The van der Waals surface area contributed by atoms with Gasteiger partial charge in [0.2, 0.25) is 0 Å². The molecule has 16 heavy (non-hydrogen) atoms. The van der Waals surface area contributed by atoms with Gasteiger partial charge in [-0.1, -0.05) is 6.07 Å². The van der Waals surface area contributed by atoms with E-state index in [1.165, 1.54) is 7.11 Å². The first-order valence-corrected chi connectivity index (χ1v) is 4.79. The predicted octanol–water partition coefficient (Wildman–Crippen LogP) is 1.44. The number of rotatable bonds is 2. The highest BCUT2D eigenvalue weighted by molar-refractivity contribution is 5.90.